The predicted octanol–water partition coefficient (Wildman–Crippen LogP) is 3.97. The van der Waals surface area contributed by atoms with Gasteiger partial charge in [-0.2, -0.15) is 0 Å². The second-order valence-corrected chi connectivity index (χ2v) is 9.21. The number of ether oxygens (including phenoxy) is 1. The first-order valence-corrected chi connectivity index (χ1v) is 11.6. The van der Waals surface area contributed by atoms with Crippen LogP contribution < -0.4 is 20.3 Å². The van der Waals surface area contributed by atoms with Crippen molar-refractivity contribution in [1.29, 1.82) is 0 Å². The number of nitrogens with zero attached hydrogens (tertiary/aromatic N) is 1. The van der Waals surface area contributed by atoms with Gasteiger partial charge in [0, 0.05) is 11.8 Å². The van der Waals surface area contributed by atoms with Crippen LogP contribution in [-0.2, 0) is 13.8 Å². The third kappa shape index (κ3) is 5.51. The summed E-state index contributed by atoms with van der Waals surface area (Å²) in [6.45, 7) is 3.12. The molecule has 10 heteroatoms. The van der Waals surface area contributed by atoms with E-state index in [1.165, 1.54) is 10.8 Å². The van der Waals surface area contributed by atoms with E-state index in [2.05, 4.69) is 4.98 Å². The summed E-state index contributed by atoms with van der Waals surface area (Å²) in [5.41, 5.74) is -1.73. The van der Waals surface area contributed by atoms with Crippen LogP contribution >= 0.6 is 7.82 Å². The van der Waals surface area contributed by atoms with E-state index in [1.54, 1.807) is 86.7 Å². The van der Waals surface area contributed by atoms with Crippen molar-refractivity contribution in [2.75, 3.05) is 6.61 Å². The van der Waals surface area contributed by atoms with E-state index >= 15 is 0 Å². The Morgan fingerprint density at radius 3 is 2.18 bits per heavy atom. The highest BCUT2D eigenvalue weighted by atomic mass is 31.2. The smallest absolute Gasteiger partial charge is 0.395 e. The Morgan fingerprint density at radius 2 is 1.61 bits per heavy atom. The molecule has 2 atom stereocenters. The number of para-hydroxylation sites is 2. The summed E-state index contributed by atoms with van der Waals surface area (Å²) in [5, 5.41) is 0. The minimum atomic E-state index is -4.10. The van der Waals surface area contributed by atoms with Crippen molar-refractivity contribution in [3.8, 4) is 11.5 Å². The van der Waals surface area contributed by atoms with Crippen molar-refractivity contribution < 1.29 is 22.9 Å². The van der Waals surface area contributed by atoms with Gasteiger partial charge in [-0.3, -0.25) is 18.9 Å². The Morgan fingerprint density at radius 1 is 1.03 bits per heavy atom. The van der Waals surface area contributed by atoms with E-state index in [-0.39, 0.29) is 6.61 Å². The van der Waals surface area contributed by atoms with E-state index in [4.69, 9.17) is 18.3 Å². The molecule has 0 spiro atoms. The van der Waals surface area contributed by atoms with Gasteiger partial charge in [0.15, 0.2) is 6.23 Å². The van der Waals surface area contributed by atoms with Crippen LogP contribution in [0.15, 0.2) is 88.6 Å². The Bertz CT molecular complexity index is 1260. The lowest BCUT2D eigenvalue weighted by atomic mass is 10.1. The zero-order valence-corrected chi connectivity index (χ0v) is 18.9. The molecule has 4 rings (SSSR count). The number of aromatic nitrogens is 2. The van der Waals surface area contributed by atoms with Gasteiger partial charge in [0.1, 0.15) is 17.1 Å². The summed E-state index contributed by atoms with van der Waals surface area (Å²) in [4.78, 5) is 26.1. The molecule has 1 aliphatic rings. The summed E-state index contributed by atoms with van der Waals surface area (Å²) >= 11 is 0. The van der Waals surface area contributed by atoms with E-state index in [1.807, 2.05) is 0 Å². The molecule has 0 saturated heterocycles. The van der Waals surface area contributed by atoms with Gasteiger partial charge in [-0.1, -0.05) is 42.5 Å². The van der Waals surface area contributed by atoms with Gasteiger partial charge >= 0.3 is 13.5 Å². The van der Waals surface area contributed by atoms with Crippen LogP contribution in [0.3, 0.4) is 0 Å². The molecule has 0 aliphatic carbocycles. The molecule has 0 bridgehead atoms. The molecular weight excluding hydrogens is 447 g/mol. The minimum Gasteiger partial charge on any atom is -0.395 e. The number of H-pyrrole nitrogens is 1. The maximum Gasteiger partial charge on any atom is 0.587 e. The lowest BCUT2D eigenvalue weighted by Gasteiger charge is -2.27. The quantitative estimate of drug-likeness (QED) is 0.392. The normalized spacial score (nSPS) is 20.0. The third-order valence-corrected chi connectivity index (χ3v) is 6.17. The Labute approximate surface area is 189 Å². The lowest BCUT2D eigenvalue weighted by molar-refractivity contribution is -0.0711. The zero-order valence-electron chi connectivity index (χ0n) is 18.0. The van der Waals surface area contributed by atoms with Crippen molar-refractivity contribution in [3.05, 3.63) is 105 Å². The predicted molar refractivity (Wildman–Crippen MR) is 121 cm³/mol. The maximum atomic E-state index is 13.5. The molecule has 1 aromatic heterocycles. The number of hydrogen-bond donors (Lipinski definition) is 1. The molecule has 2 aromatic carbocycles. The Hall–Kier alpha value is -3.39. The van der Waals surface area contributed by atoms with Crippen LogP contribution in [0.25, 0.3) is 0 Å². The van der Waals surface area contributed by atoms with Crippen molar-refractivity contribution in [2.24, 2.45) is 0 Å². The summed E-state index contributed by atoms with van der Waals surface area (Å²) < 4.78 is 37.6. The van der Waals surface area contributed by atoms with Crippen LogP contribution in [0.2, 0.25) is 0 Å². The second-order valence-electron chi connectivity index (χ2n) is 7.69. The molecule has 0 amide bonds. The van der Waals surface area contributed by atoms with E-state index < -0.39 is 30.9 Å². The summed E-state index contributed by atoms with van der Waals surface area (Å²) in [7, 11) is -4.10. The Kier molecular flexibility index (Phi) is 6.37. The molecular formula is C23H23N2O7P. The molecule has 0 fully saturated rings. The zero-order chi connectivity index (χ0) is 23.5. The summed E-state index contributed by atoms with van der Waals surface area (Å²) in [5.74, 6) is 0.635. The maximum absolute atomic E-state index is 13.5. The van der Waals surface area contributed by atoms with Gasteiger partial charge in [-0.05, 0) is 44.2 Å². The standard InChI is InChI=1S/C23H23N2O7P/c1-17-15-25(22(27)24-21(17)26)20-13-14-23(2,30-20)16-29-33(28,31-18-9-5-3-6-10-18)32-19-11-7-4-8-12-19/h3-15,20H,16H2,1-2H3,(H,24,26,27)/t20-,23+/m1/s1. The molecule has 0 radical (unpaired) electrons. The Balaban J connectivity index is 1.51. The first-order chi connectivity index (χ1) is 15.8. The topological polar surface area (TPSA) is 109 Å². The fourth-order valence-electron chi connectivity index (χ4n) is 3.15. The van der Waals surface area contributed by atoms with Gasteiger partial charge < -0.3 is 13.8 Å². The van der Waals surface area contributed by atoms with Crippen LogP contribution in [-0.4, -0.2) is 21.8 Å². The third-order valence-electron chi connectivity index (χ3n) is 4.85. The first-order valence-electron chi connectivity index (χ1n) is 10.2. The summed E-state index contributed by atoms with van der Waals surface area (Å²) in [6, 6.07) is 17.1. The molecule has 0 saturated carbocycles. The van der Waals surface area contributed by atoms with E-state index in [0.717, 1.165) is 0 Å². The molecule has 9 nitrogen and oxygen atoms in total. The minimum absolute atomic E-state index is 0.186. The average Bonchev–Trinajstić information content (AvgIpc) is 3.18. The number of rotatable bonds is 8. The monoisotopic (exact) mass is 470 g/mol. The molecule has 3 aromatic rings. The van der Waals surface area contributed by atoms with Crippen LogP contribution in [0, 0.1) is 6.92 Å². The van der Waals surface area contributed by atoms with Gasteiger partial charge in [-0.15, -0.1) is 0 Å². The average molecular weight is 470 g/mol. The number of benzene rings is 2. The van der Waals surface area contributed by atoms with E-state index in [9.17, 15) is 14.2 Å². The number of nitrogens with one attached hydrogen (secondary N) is 1. The lowest BCUT2D eigenvalue weighted by Crippen LogP contribution is -2.36. The molecule has 1 N–H and O–H groups in total. The van der Waals surface area contributed by atoms with Crippen molar-refractivity contribution in [3.63, 3.8) is 0 Å². The fourth-order valence-corrected chi connectivity index (χ4v) is 4.46. The molecule has 33 heavy (non-hydrogen) atoms. The number of phosphoric ester groups is 1. The van der Waals surface area contributed by atoms with Gasteiger partial charge in [0.2, 0.25) is 0 Å². The van der Waals surface area contributed by atoms with Crippen LogP contribution in [0.1, 0.15) is 18.7 Å². The van der Waals surface area contributed by atoms with Crippen molar-refractivity contribution >= 4 is 7.82 Å². The highest BCUT2D eigenvalue weighted by Gasteiger charge is 2.39. The highest BCUT2D eigenvalue weighted by Crippen LogP contribution is 2.50. The fraction of sp³-hybridized carbons (Fsp3) is 0.217. The second kappa shape index (κ2) is 9.23. The molecule has 2 heterocycles. The van der Waals surface area contributed by atoms with Crippen molar-refractivity contribution in [2.45, 2.75) is 25.7 Å². The number of aromatic amines is 1. The molecule has 172 valence electrons. The van der Waals surface area contributed by atoms with Gasteiger partial charge in [-0.25, -0.2) is 9.36 Å². The number of phosphoric acid groups is 1. The molecule has 1 aliphatic heterocycles. The van der Waals surface area contributed by atoms with Crippen LogP contribution in [0.4, 0.5) is 0 Å². The van der Waals surface area contributed by atoms with Crippen molar-refractivity contribution in [1.82, 2.24) is 9.55 Å². The highest BCUT2D eigenvalue weighted by molar-refractivity contribution is 7.49. The van der Waals surface area contributed by atoms with E-state index in [0.29, 0.717) is 17.1 Å². The van der Waals surface area contributed by atoms with Crippen LogP contribution in [0.5, 0.6) is 11.5 Å². The molecule has 0 unspecified atom stereocenters. The SMILES string of the molecule is Cc1cn([C@H]2C=C[C@@](C)(COP(=O)(Oc3ccccc3)Oc3ccccc3)O2)c(=O)[nH]c1=O. The number of hydrogen-bond acceptors (Lipinski definition) is 7. The van der Waals surface area contributed by atoms with Gasteiger partial charge in [0.05, 0.1) is 6.61 Å². The number of aryl methyl sites for hydroxylation is 1. The van der Waals surface area contributed by atoms with Gasteiger partial charge in [0.25, 0.3) is 5.56 Å². The largest absolute Gasteiger partial charge is 0.587 e. The first kappa shape index (κ1) is 22.8. The summed E-state index contributed by atoms with van der Waals surface area (Å²) in [6.07, 6.45) is 4.00.